The summed E-state index contributed by atoms with van der Waals surface area (Å²) in [6.07, 6.45) is 1.45. The second-order valence-corrected chi connectivity index (χ2v) is 4.17. The number of amides is 1. The molecule has 0 atom stereocenters. The second kappa shape index (κ2) is 6.60. The van der Waals surface area contributed by atoms with E-state index in [9.17, 15) is 9.18 Å². The molecule has 0 saturated heterocycles. The fraction of sp³-hybridized carbons (Fsp3) is 0.214. The number of rotatable bonds is 5. The normalized spacial score (nSPS) is 10.1. The molecule has 0 radical (unpaired) electrons. The van der Waals surface area contributed by atoms with E-state index in [0.717, 1.165) is 11.4 Å². The highest BCUT2D eigenvalue weighted by atomic mass is 19.1. The van der Waals surface area contributed by atoms with Gasteiger partial charge in [-0.1, -0.05) is 0 Å². The van der Waals surface area contributed by atoms with Gasteiger partial charge in [0, 0.05) is 5.69 Å². The fourth-order valence-corrected chi connectivity index (χ4v) is 1.53. The molecule has 0 aliphatic carbocycles. The van der Waals surface area contributed by atoms with Crippen molar-refractivity contribution in [2.45, 2.75) is 13.5 Å². The maximum atomic E-state index is 12.7. The number of benzene rings is 1. The van der Waals surface area contributed by atoms with Crippen LogP contribution in [0.15, 0.2) is 36.7 Å². The Morgan fingerprint density at radius 1 is 1.30 bits per heavy atom. The lowest BCUT2D eigenvalue weighted by Gasteiger charge is -2.07. The Hall–Kier alpha value is -2.50. The van der Waals surface area contributed by atoms with Crippen molar-refractivity contribution in [1.29, 1.82) is 0 Å². The van der Waals surface area contributed by atoms with Crippen LogP contribution in [-0.4, -0.2) is 22.5 Å². The minimum atomic E-state index is -0.346. The number of carbonyl (C=O) groups excluding carboxylic acids is 1. The molecule has 5 nitrogen and oxygen atoms in total. The van der Waals surface area contributed by atoms with Crippen molar-refractivity contribution in [3.05, 3.63) is 53.9 Å². The van der Waals surface area contributed by atoms with Gasteiger partial charge in [0.25, 0.3) is 5.91 Å². The summed E-state index contributed by atoms with van der Waals surface area (Å²) in [7, 11) is 0. The number of aromatic nitrogens is 2. The molecule has 1 aromatic carbocycles. The highest BCUT2D eigenvalue weighted by Gasteiger charge is 2.04. The van der Waals surface area contributed by atoms with Gasteiger partial charge in [0.2, 0.25) is 0 Å². The predicted octanol–water partition coefficient (Wildman–Crippen LogP) is 1.62. The van der Waals surface area contributed by atoms with E-state index >= 15 is 0 Å². The minimum absolute atomic E-state index is 0.129. The largest absolute Gasteiger partial charge is 0.484 e. The van der Waals surface area contributed by atoms with E-state index in [1.165, 1.54) is 30.6 Å². The maximum Gasteiger partial charge on any atom is 0.258 e. The topological polar surface area (TPSA) is 64.1 Å². The SMILES string of the molecule is Cc1cc(CNC(=O)COc2ccc(F)cc2)ncn1. The molecule has 0 aliphatic rings. The number of aryl methyl sites for hydroxylation is 1. The van der Waals surface area contributed by atoms with Crippen LogP contribution in [0.2, 0.25) is 0 Å². The van der Waals surface area contributed by atoms with Crippen LogP contribution in [0.3, 0.4) is 0 Å². The quantitative estimate of drug-likeness (QED) is 0.900. The fourth-order valence-electron chi connectivity index (χ4n) is 1.53. The monoisotopic (exact) mass is 275 g/mol. The molecule has 1 N–H and O–H groups in total. The van der Waals surface area contributed by atoms with E-state index in [0.29, 0.717) is 12.3 Å². The van der Waals surface area contributed by atoms with Crippen molar-refractivity contribution in [3.8, 4) is 5.75 Å². The van der Waals surface area contributed by atoms with Crippen LogP contribution in [0.25, 0.3) is 0 Å². The summed E-state index contributed by atoms with van der Waals surface area (Å²) in [6, 6.07) is 7.28. The van der Waals surface area contributed by atoms with Gasteiger partial charge in [0.1, 0.15) is 17.9 Å². The maximum absolute atomic E-state index is 12.7. The lowest BCUT2D eigenvalue weighted by molar-refractivity contribution is -0.123. The smallest absolute Gasteiger partial charge is 0.258 e. The van der Waals surface area contributed by atoms with Crippen LogP contribution >= 0.6 is 0 Å². The Kier molecular flexibility index (Phi) is 4.60. The van der Waals surface area contributed by atoms with E-state index in [4.69, 9.17) is 4.74 Å². The van der Waals surface area contributed by atoms with Gasteiger partial charge >= 0.3 is 0 Å². The molecule has 104 valence electrons. The Labute approximate surface area is 115 Å². The molecule has 6 heteroatoms. The molecule has 0 aliphatic heterocycles. The number of nitrogens with one attached hydrogen (secondary N) is 1. The van der Waals surface area contributed by atoms with Crippen LogP contribution in [0, 0.1) is 12.7 Å². The van der Waals surface area contributed by atoms with E-state index in [1.54, 1.807) is 6.07 Å². The average Bonchev–Trinajstić information content (AvgIpc) is 2.45. The third-order valence-corrected chi connectivity index (χ3v) is 2.51. The zero-order valence-corrected chi connectivity index (χ0v) is 11.0. The van der Waals surface area contributed by atoms with Crippen molar-refractivity contribution < 1.29 is 13.9 Å². The predicted molar refractivity (Wildman–Crippen MR) is 70.5 cm³/mol. The first kappa shape index (κ1) is 13.9. The van der Waals surface area contributed by atoms with Crippen LogP contribution in [-0.2, 0) is 11.3 Å². The number of hydrogen-bond donors (Lipinski definition) is 1. The van der Waals surface area contributed by atoms with Gasteiger partial charge in [-0.3, -0.25) is 4.79 Å². The van der Waals surface area contributed by atoms with E-state index < -0.39 is 0 Å². The summed E-state index contributed by atoms with van der Waals surface area (Å²) in [6.45, 7) is 2.04. The zero-order chi connectivity index (χ0) is 14.4. The van der Waals surface area contributed by atoms with Gasteiger partial charge < -0.3 is 10.1 Å². The van der Waals surface area contributed by atoms with Gasteiger partial charge in [-0.15, -0.1) is 0 Å². The summed E-state index contributed by atoms with van der Waals surface area (Å²) in [5.41, 5.74) is 1.57. The highest BCUT2D eigenvalue weighted by molar-refractivity contribution is 5.77. The highest BCUT2D eigenvalue weighted by Crippen LogP contribution is 2.10. The van der Waals surface area contributed by atoms with Crippen molar-refractivity contribution in [2.24, 2.45) is 0 Å². The third-order valence-electron chi connectivity index (χ3n) is 2.51. The summed E-state index contributed by atoms with van der Waals surface area (Å²) in [5.74, 6) is -0.175. The van der Waals surface area contributed by atoms with Gasteiger partial charge in [0.15, 0.2) is 6.61 Å². The third kappa shape index (κ3) is 4.31. The number of carbonyl (C=O) groups is 1. The average molecular weight is 275 g/mol. The van der Waals surface area contributed by atoms with Gasteiger partial charge in [-0.2, -0.15) is 0 Å². The van der Waals surface area contributed by atoms with Crippen molar-refractivity contribution in [1.82, 2.24) is 15.3 Å². The molecule has 0 spiro atoms. The molecule has 1 heterocycles. The van der Waals surface area contributed by atoms with E-state index in [1.807, 2.05) is 6.92 Å². The molecule has 0 unspecified atom stereocenters. The summed E-state index contributed by atoms with van der Waals surface area (Å²) in [5, 5.41) is 2.68. The Morgan fingerprint density at radius 2 is 2.05 bits per heavy atom. The lowest BCUT2D eigenvalue weighted by atomic mass is 10.3. The number of hydrogen-bond acceptors (Lipinski definition) is 4. The second-order valence-electron chi connectivity index (χ2n) is 4.17. The lowest BCUT2D eigenvalue weighted by Crippen LogP contribution is -2.28. The van der Waals surface area contributed by atoms with E-state index in [-0.39, 0.29) is 18.3 Å². The molecule has 2 aromatic rings. The number of halogens is 1. The standard InChI is InChI=1S/C14H14FN3O2/c1-10-6-12(18-9-17-10)7-16-14(19)8-20-13-4-2-11(15)3-5-13/h2-6,9H,7-8H2,1H3,(H,16,19). The van der Waals surface area contributed by atoms with Gasteiger partial charge in [-0.05, 0) is 37.3 Å². The van der Waals surface area contributed by atoms with Crippen molar-refractivity contribution in [3.63, 3.8) is 0 Å². The molecule has 0 fully saturated rings. The molecular weight excluding hydrogens is 261 g/mol. The van der Waals surface area contributed by atoms with Crippen molar-refractivity contribution in [2.75, 3.05) is 6.61 Å². The van der Waals surface area contributed by atoms with Crippen molar-refractivity contribution >= 4 is 5.91 Å². The summed E-state index contributed by atoms with van der Waals surface area (Å²) in [4.78, 5) is 19.6. The Balaban J connectivity index is 1.77. The van der Waals surface area contributed by atoms with Gasteiger partial charge in [-0.25, -0.2) is 14.4 Å². The summed E-state index contributed by atoms with van der Waals surface area (Å²) >= 11 is 0. The Bertz CT molecular complexity index is 587. The summed E-state index contributed by atoms with van der Waals surface area (Å²) < 4.78 is 17.9. The molecule has 2 rings (SSSR count). The van der Waals surface area contributed by atoms with Crippen LogP contribution in [0.5, 0.6) is 5.75 Å². The molecule has 0 bridgehead atoms. The zero-order valence-electron chi connectivity index (χ0n) is 11.0. The van der Waals surface area contributed by atoms with Crippen LogP contribution in [0.4, 0.5) is 4.39 Å². The molecule has 0 saturated carbocycles. The minimum Gasteiger partial charge on any atom is -0.484 e. The van der Waals surface area contributed by atoms with E-state index in [2.05, 4.69) is 15.3 Å². The molecule has 1 amide bonds. The van der Waals surface area contributed by atoms with Crippen LogP contribution < -0.4 is 10.1 Å². The molecular formula is C14H14FN3O2. The number of ether oxygens (including phenoxy) is 1. The Morgan fingerprint density at radius 3 is 2.75 bits per heavy atom. The first-order chi connectivity index (χ1) is 9.63. The molecule has 1 aromatic heterocycles. The number of nitrogens with zero attached hydrogens (tertiary/aromatic N) is 2. The molecule has 20 heavy (non-hydrogen) atoms. The first-order valence-corrected chi connectivity index (χ1v) is 6.06. The van der Waals surface area contributed by atoms with Gasteiger partial charge in [0.05, 0.1) is 12.2 Å². The first-order valence-electron chi connectivity index (χ1n) is 6.06. The van der Waals surface area contributed by atoms with Crippen LogP contribution in [0.1, 0.15) is 11.4 Å².